The highest BCUT2D eigenvalue weighted by Crippen LogP contribution is 2.23. The summed E-state index contributed by atoms with van der Waals surface area (Å²) in [5, 5.41) is 2.80. The van der Waals surface area contributed by atoms with Gasteiger partial charge in [-0.2, -0.15) is 4.31 Å². The summed E-state index contributed by atoms with van der Waals surface area (Å²) < 4.78 is 53.6. The smallest absolute Gasteiger partial charge is 0.249 e. The SMILES string of the molecule is CC(C)CNC(=O)CN1CCN(S(=O)(=O)c2c(F)cccc2F)CC1. The van der Waals surface area contributed by atoms with Gasteiger partial charge >= 0.3 is 0 Å². The van der Waals surface area contributed by atoms with Crippen LogP contribution in [0.3, 0.4) is 0 Å². The number of hydrogen-bond acceptors (Lipinski definition) is 4. The second-order valence-electron chi connectivity index (χ2n) is 6.43. The van der Waals surface area contributed by atoms with E-state index in [2.05, 4.69) is 5.32 Å². The average Bonchev–Trinajstić information content (AvgIpc) is 2.53. The standard InChI is InChI=1S/C16H23F2N3O3S/c1-12(2)10-19-15(22)11-20-6-8-21(9-7-20)25(23,24)16-13(17)4-3-5-14(16)18/h3-5,12H,6-11H2,1-2H3,(H,19,22). The van der Waals surface area contributed by atoms with Crippen LogP contribution in [0.2, 0.25) is 0 Å². The van der Waals surface area contributed by atoms with Crippen LogP contribution in [0.4, 0.5) is 8.78 Å². The minimum Gasteiger partial charge on any atom is -0.355 e. The van der Waals surface area contributed by atoms with E-state index in [9.17, 15) is 22.0 Å². The van der Waals surface area contributed by atoms with Gasteiger partial charge in [0.15, 0.2) is 4.90 Å². The molecule has 1 aromatic carbocycles. The van der Waals surface area contributed by atoms with Crippen molar-refractivity contribution in [3.05, 3.63) is 29.8 Å². The maximum Gasteiger partial charge on any atom is 0.249 e. The van der Waals surface area contributed by atoms with E-state index in [1.807, 2.05) is 18.7 Å². The first-order valence-electron chi connectivity index (χ1n) is 8.15. The molecule has 6 nitrogen and oxygen atoms in total. The van der Waals surface area contributed by atoms with Crippen molar-refractivity contribution in [1.82, 2.24) is 14.5 Å². The van der Waals surface area contributed by atoms with Crippen LogP contribution < -0.4 is 5.32 Å². The Labute approximate surface area is 146 Å². The second-order valence-corrected chi connectivity index (χ2v) is 8.30. The second kappa shape index (κ2) is 8.20. The van der Waals surface area contributed by atoms with Crippen molar-refractivity contribution >= 4 is 15.9 Å². The number of benzene rings is 1. The number of nitrogens with one attached hydrogen (secondary N) is 1. The fraction of sp³-hybridized carbons (Fsp3) is 0.562. The van der Waals surface area contributed by atoms with Gasteiger partial charge in [-0.05, 0) is 18.1 Å². The van der Waals surface area contributed by atoms with Crippen LogP contribution in [-0.4, -0.2) is 62.8 Å². The Hall–Kier alpha value is -1.58. The molecule has 0 radical (unpaired) electrons. The molecule has 0 aliphatic carbocycles. The summed E-state index contributed by atoms with van der Waals surface area (Å²) in [6.45, 7) is 5.54. The van der Waals surface area contributed by atoms with Gasteiger partial charge in [0.2, 0.25) is 15.9 Å². The van der Waals surface area contributed by atoms with E-state index in [4.69, 9.17) is 0 Å². The molecule has 1 saturated heterocycles. The number of piperazine rings is 1. The molecule has 1 aromatic rings. The van der Waals surface area contributed by atoms with Gasteiger partial charge in [-0.25, -0.2) is 17.2 Å². The molecule has 1 N–H and O–H groups in total. The zero-order chi connectivity index (χ0) is 18.6. The number of nitrogens with zero attached hydrogens (tertiary/aromatic N) is 2. The maximum absolute atomic E-state index is 13.8. The summed E-state index contributed by atoms with van der Waals surface area (Å²) >= 11 is 0. The topological polar surface area (TPSA) is 69.7 Å². The van der Waals surface area contributed by atoms with Crippen molar-refractivity contribution in [1.29, 1.82) is 0 Å². The highest BCUT2D eigenvalue weighted by atomic mass is 32.2. The summed E-state index contributed by atoms with van der Waals surface area (Å²) in [5.74, 6) is -1.97. The van der Waals surface area contributed by atoms with Gasteiger partial charge in [0, 0.05) is 32.7 Å². The lowest BCUT2D eigenvalue weighted by molar-refractivity contribution is -0.122. The van der Waals surface area contributed by atoms with Crippen LogP contribution in [0.1, 0.15) is 13.8 Å². The Morgan fingerprint density at radius 2 is 1.72 bits per heavy atom. The zero-order valence-electron chi connectivity index (χ0n) is 14.3. The minimum atomic E-state index is -4.24. The number of carbonyl (C=O) groups excluding carboxylic acids is 1. The van der Waals surface area contributed by atoms with E-state index in [1.165, 1.54) is 0 Å². The molecule has 0 unspecified atom stereocenters. The number of sulfonamides is 1. The molecule has 1 aliphatic rings. The first kappa shape index (κ1) is 19.7. The molecule has 2 rings (SSSR count). The van der Waals surface area contributed by atoms with Gasteiger partial charge in [-0.3, -0.25) is 9.69 Å². The Morgan fingerprint density at radius 1 is 1.16 bits per heavy atom. The van der Waals surface area contributed by atoms with Gasteiger partial charge in [-0.1, -0.05) is 19.9 Å². The molecular weight excluding hydrogens is 352 g/mol. The number of carbonyl (C=O) groups is 1. The number of amides is 1. The molecule has 0 aromatic heterocycles. The molecule has 1 fully saturated rings. The van der Waals surface area contributed by atoms with Crippen molar-refractivity contribution in [2.24, 2.45) is 5.92 Å². The minimum absolute atomic E-state index is 0.0770. The maximum atomic E-state index is 13.8. The fourth-order valence-electron chi connectivity index (χ4n) is 2.56. The first-order chi connectivity index (χ1) is 11.7. The molecule has 0 bridgehead atoms. The molecule has 1 aliphatic heterocycles. The van der Waals surface area contributed by atoms with Crippen LogP contribution in [0.25, 0.3) is 0 Å². The summed E-state index contributed by atoms with van der Waals surface area (Å²) in [6, 6.07) is 2.97. The van der Waals surface area contributed by atoms with Crippen molar-refractivity contribution in [2.45, 2.75) is 18.7 Å². The molecule has 0 saturated carbocycles. The van der Waals surface area contributed by atoms with Crippen molar-refractivity contribution in [3.8, 4) is 0 Å². The highest BCUT2D eigenvalue weighted by molar-refractivity contribution is 7.89. The predicted octanol–water partition coefficient (Wildman–Crippen LogP) is 1.04. The molecule has 140 valence electrons. The molecule has 0 spiro atoms. The van der Waals surface area contributed by atoms with Crippen molar-refractivity contribution in [2.75, 3.05) is 39.3 Å². The van der Waals surface area contributed by atoms with Gasteiger partial charge in [0.05, 0.1) is 6.54 Å². The third kappa shape index (κ3) is 4.96. The first-order valence-corrected chi connectivity index (χ1v) is 9.59. The van der Waals surface area contributed by atoms with Crippen LogP contribution in [0, 0.1) is 17.6 Å². The van der Waals surface area contributed by atoms with Gasteiger partial charge in [0.1, 0.15) is 11.6 Å². The lowest BCUT2D eigenvalue weighted by Crippen LogP contribution is -2.51. The number of halogens is 2. The molecule has 0 atom stereocenters. The summed E-state index contributed by atoms with van der Waals surface area (Å²) in [5.41, 5.74) is 0. The largest absolute Gasteiger partial charge is 0.355 e. The Morgan fingerprint density at radius 3 is 2.24 bits per heavy atom. The van der Waals surface area contributed by atoms with E-state index >= 15 is 0 Å². The molecule has 1 amide bonds. The van der Waals surface area contributed by atoms with Crippen LogP contribution in [-0.2, 0) is 14.8 Å². The number of rotatable bonds is 6. The van der Waals surface area contributed by atoms with Crippen LogP contribution in [0.15, 0.2) is 23.1 Å². The van der Waals surface area contributed by atoms with E-state index in [-0.39, 0.29) is 25.5 Å². The lowest BCUT2D eigenvalue weighted by atomic mass is 10.2. The Bertz CT molecular complexity index is 697. The van der Waals surface area contributed by atoms with E-state index in [0.717, 1.165) is 22.5 Å². The Kier molecular flexibility index (Phi) is 6.47. The molecular formula is C16H23F2N3O3S. The highest BCUT2D eigenvalue weighted by Gasteiger charge is 2.33. The summed E-state index contributed by atoms with van der Waals surface area (Å²) in [4.78, 5) is 12.7. The van der Waals surface area contributed by atoms with E-state index < -0.39 is 26.6 Å². The fourth-order valence-corrected chi connectivity index (χ4v) is 4.09. The summed E-state index contributed by atoms with van der Waals surface area (Å²) in [7, 11) is -4.24. The van der Waals surface area contributed by atoms with Crippen LogP contribution >= 0.6 is 0 Å². The molecule has 9 heteroatoms. The zero-order valence-corrected chi connectivity index (χ0v) is 15.2. The van der Waals surface area contributed by atoms with Gasteiger partial charge < -0.3 is 5.32 Å². The van der Waals surface area contributed by atoms with Crippen molar-refractivity contribution in [3.63, 3.8) is 0 Å². The third-order valence-electron chi connectivity index (χ3n) is 3.92. The van der Waals surface area contributed by atoms with E-state index in [1.54, 1.807) is 0 Å². The van der Waals surface area contributed by atoms with Crippen LogP contribution in [0.5, 0.6) is 0 Å². The average molecular weight is 375 g/mol. The molecule has 1 heterocycles. The molecule has 25 heavy (non-hydrogen) atoms. The monoisotopic (exact) mass is 375 g/mol. The van der Waals surface area contributed by atoms with Gasteiger partial charge in [-0.15, -0.1) is 0 Å². The normalized spacial score (nSPS) is 17.0. The Balaban J connectivity index is 1.96. The summed E-state index contributed by atoms with van der Waals surface area (Å²) in [6.07, 6.45) is 0. The predicted molar refractivity (Wildman–Crippen MR) is 89.4 cm³/mol. The quantitative estimate of drug-likeness (QED) is 0.807. The lowest BCUT2D eigenvalue weighted by Gasteiger charge is -2.33. The number of hydrogen-bond donors (Lipinski definition) is 1. The van der Waals surface area contributed by atoms with Crippen molar-refractivity contribution < 1.29 is 22.0 Å². The van der Waals surface area contributed by atoms with Gasteiger partial charge in [0.25, 0.3) is 0 Å². The third-order valence-corrected chi connectivity index (χ3v) is 5.87. The van der Waals surface area contributed by atoms with E-state index in [0.29, 0.717) is 25.6 Å².